The van der Waals surface area contributed by atoms with E-state index in [0.29, 0.717) is 12.6 Å². The molecule has 0 unspecified atom stereocenters. The van der Waals surface area contributed by atoms with Gasteiger partial charge in [0.1, 0.15) is 0 Å². The van der Waals surface area contributed by atoms with Gasteiger partial charge in [-0.2, -0.15) is 11.3 Å². The molecule has 0 fully saturated rings. The van der Waals surface area contributed by atoms with Crippen LogP contribution in [0.2, 0.25) is 0 Å². The van der Waals surface area contributed by atoms with Gasteiger partial charge in [-0.1, -0.05) is 12.1 Å². The lowest BCUT2D eigenvalue weighted by Crippen LogP contribution is -2.30. The van der Waals surface area contributed by atoms with Crippen LogP contribution in [0.25, 0.3) is 0 Å². The zero-order valence-electron chi connectivity index (χ0n) is 12.2. The van der Waals surface area contributed by atoms with Gasteiger partial charge < -0.3 is 10.2 Å². The van der Waals surface area contributed by atoms with Crippen LogP contribution in [0, 0.1) is 10.1 Å². The van der Waals surface area contributed by atoms with Gasteiger partial charge in [0.15, 0.2) is 0 Å². The summed E-state index contributed by atoms with van der Waals surface area (Å²) in [6.07, 6.45) is 0. The monoisotopic (exact) mass is 305 g/mol. The number of thiophene rings is 1. The van der Waals surface area contributed by atoms with Crippen molar-refractivity contribution in [2.24, 2.45) is 0 Å². The van der Waals surface area contributed by atoms with Crippen molar-refractivity contribution in [2.45, 2.75) is 12.6 Å². The van der Waals surface area contributed by atoms with Crippen LogP contribution in [-0.4, -0.2) is 30.5 Å². The van der Waals surface area contributed by atoms with Gasteiger partial charge in [-0.3, -0.25) is 10.1 Å². The Hall–Kier alpha value is -1.76. The molecule has 21 heavy (non-hydrogen) atoms. The van der Waals surface area contributed by atoms with E-state index in [4.69, 9.17) is 0 Å². The second-order valence-electron chi connectivity index (χ2n) is 5.09. The number of rotatable bonds is 7. The molecule has 112 valence electrons. The highest BCUT2D eigenvalue weighted by Crippen LogP contribution is 2.20. The highest BCUT2D eigenvalue weighted by molar-refractivity contribution is 7.07. The SMILES string of the molecule is CN(C)[C@H](CNCc1cccc([N+](=O)[O-])c1)c1ccsc1. The first kappa shape index (κ1) is 15.6. The molecule has 0 aliphatic carbocycles. The Morgan fingerprint density at radius 1 is 1.38 bits per heavy atom. The van der Waals surface area contributed by atoms with E-state index >= 15 is 0 Å². The summed E-state index contributed by atoms with van der Waals surface area (Å²) in [7, 11) is 4.11. The van der Waals surface area contributed by atoms with Gasteiger partial charge in [-0.15, -0.1) is 0 Å². The van der Waals surface area contributed by atoms with Crippen molar-refractivity contribution in [2.75, 3.05) is 20.6 Å². The lowest BCUT2D eigenvalue weighted by atomic mass is 10.1. The number of nitro benzene ring substituents is 1. The van der Waals surface area contributed by atoms with Crippen molar-refractivity contribution in [3.8, 4) is 0 Å². The van der Waals surface area contributed by atoms with E-state index in [9.17, 15) is 10.1 Å². The van der Waals surface area contributed by atoms with Gasteiger partial charge >= 0.3 is 0 Å². The number of nitrogens with one attached hydrogen (secondary N) is 1. The number of likely N-dealkylation sites (N-methyl/N-ethyl adjacent to an activating group) is 1. The molecule has 2 aromatic rings. The van der Waals surface area contributed by atoms with Crippen LogP contribution in [0.3, 0.4) is 0 Å². The molecule has 1 aromatic carbocycles. The zero-order chi connectivity index (χ0) is 15.2. The topological polar surface area (TPSA) is 58.4 Å². The maximum Gasteiger partial charge on any atom is 0.269 e. The minimum Gasteiger partial charge on any atom is -0.311 e. The third-order valence-electron chi connectivity index (χ3n) is 3.34. The predicted octanol–water partition coefficient (Wildman–Crippen LogP) is 3.05. The number of nitrogens with zero attached hydrogens (tertiary/aromatic N) is 2. The quantitative estimate of drug-likeness (QED) is 0.631. The van der Waals surface area contributed by atoms with Crippen LogP contribution in [0.4, 0.5) is 5.69 Å². The highest BCUT2D eigenvalue weighted by Gasteiger charge is 2.14. The Morgan fingerprint density at radius 2 is 2.19 bits per heavy atom. The summed E-state index contributed by atoms with van der Waals surface area (Å²) in [6.45, 7) is 1.42. The van der Waals surface area contributed by atoms with E-state index in [1.807, 2.05) is 6.07 Å². The van der Waals surface area contributed by atoms with Crippen molar-refractivity contribution in [1.29, 1.82) is 0 Å². The molecule has 0 spiro atoms. The first-order valence-electron chi connectivity index (χ1n) is 6.70. The van der Waals surface area contributed by atoms with Crippen molar-refractivity contribution in [3.05, 3.63) is 62.3 Å². The van der Waals surface area contributed by atoms with Crippen LogP contribution in [-0.2, 0) is 6.54 Å². The number of non-ortho nitro benzene ring substituents is 1. The molecule has 6 heteroatoms. The van der Waals surface area contributed by atoms with Crippen LogP contribution in [0.15, 0.2) is 41.1 Å². The summed E-state index contributed by atoms with van der Waals surface area (Å²) in [4.78, 5) is 12.6. The van der Waals surface area contributed by atoms with E-state index in [-0.39, 0.29) is 10.6 Å². The summed E-state index contributed by atoms with van der Waals surface area (Å²) < 4.78 is 0. The maximum absolute atomic E-state index is 10.8. The molecule has 2 rings (SSSR count). The largest absolute Gasteiger partial charge is 0.311 e. The molecule has 5 nitrogen and oxygen atoms in total. The molecule has 0 saturated carbocycles. The molecule has 0 bridgehead atoms. The average molecular weight is 305 g/mol. The predicted molar refractivity (Wildman–Crippen MR) is 85.6 cm³/mol. The van der Waals surface area contributed by atoms with Crippen LogP contribution in [0.1, 0.15) is 17.2 Å². The number of benzene rings is 1. The summed E-state index contributed by atoms with van der Waals surface area (Å²) in [5, 5.41) is 18.4. The molecule has 1 atom stereocenters. The fraction of sp³-hybridized carbons (Fsp3) is 0.333. The molecule has 1 aromatic heterocycles. The first-order valence-corrected chi connectivity index (χ1v) is 7.65. The Morgan fingerprint density at radius 3 is 2.81 bits per heavy atom. The summed E-state index contributed by atoms with van der Waals surface area (Å²) in [6, 6.07) is 9.17. The maximum atomic E-state index is 10.8. The smallest absolute Gasteiger partial charge is 0.269 e. The Labute approximate surface area is 128 Å². The van der Waals surface area contributed by atoms with E-state index < -0.39 is 0 Å². The minimum atomic E-state index is -0.364. The highest BCUT2D eigenvalue weighted by atomic mass is 32.1. The number of nitro groups is 1. The standard InChI is InChI=1S/C15H19N3O2S/c1-17(2)15(13-6-7-21-11-13)10-16-9-12-4-3-5-14(8-12)18(19)20/h3-8,11,15-16H,9-10H2,1-2H3/t15-/m1/s1. The number of hydrogen-bond donors (Lipinski definition) is 1. The van der Waals surface area contributed by atoms with E-state index in [1.165, 1.54) is 11.6 Å². The fourth-order valence-electron chi connectivity index (χ4n) is 2.20. The van der Waals surface area contributed by atoms with E-state index in [0.717, 1.165) is 12.1 Å². The molecule has 0 saturated heterocycles. The van der Waals surface area contributed by atoms with Crippen LogP contribution >= 0.6 is 11.3 Å². The molecule has 0 aliphatic heterocycles. The van der Waals surface area contributed by atoms with E-state index in [2.05, 4.69) is 41.1 Å². The molecule has 1 N–H and O–H groups in total. The van der Waals surface area contributed by atoms with Gasteiger partial charge in [0.25, 0.3) is 5.69 Å². The van der Waals surface area contributed by atoms with Crippen molar-refractivity contribution >= 4 is 17.0 Å². The average Bonchev–Trinajstić information content (AvgIpc) is 2.97. The first-order chi connectivity index (χ1) is 10.1. The Balaban J connectivity index is 1.93. The molecule has 0 radical (unpaired) electrons. The lowest BCUT2D eigenvalue weighted by molar-refractivity contribution is -0.384. The minimum absolute atomic E-state index is 0.135. The fourth-order valence-corrected chi connectivity index (χ4v) is 2.90. The third-order valence-corrected chi connectivity index (χ3v) is 4.04. The molecule has 0 aliphatic rings. The summed E-state index contributed by atoms with van der Waals surface area (Å²) in [5.74, 6) is 0. The summed E-state index contributed by atoms with van der Waals surface area (Å²) >= 11 is 1.69. The second-order valence-corrected chi connectivity index (χ2v) is 5.87. The Bertz CT molecular complexity index is 584. The van der Waals surface area contributed by atoms with Gasteiger partial charge in [-0.25, -0.2) is 0 Å². The van der Waals surface area contributed by atoms with E-state index in [1.54, 1.807) is 23.5 Å². The number of hydrogen-bond acceptors (Lipinski definition) is 5. The van der Waals surface area contributed by atoms with Gasteiger partial charge in [0, 0.05) is 31.3 Å². The van der Waals surface area contributed by atoms with Crippen LogP contribution in [0.5, 0.6) is 0 Å². The van der Waals surface area contributed by atoms with Gasteiger partial charge in [0.2, 0.25) is 0 Å². The van der Waals surface area contributed by atoms with Crippen LogP contribution < -0.4 is 5.32 Å². The molecular weight excluding hydrogens is 286 g/mol. The van der Waals surface area contributed by atoms with Crippen molar-refractivity contribution in [3.63, 3.8) is 0 Å². The normalized spacial score (nSPS) is 12.5. The third kappa shape index (κ3) is 4.35. The molecule has 0 amide bonds. The van der Waals surface area contributed by atoms with Gasteiger partial charge in [0.05, 0.1) is 4.92 Å². The summed E-state index contributed by atoms with van der Waals surface area (Å²) in [5.41, 5.74) is 2.35. The van der Waals surface area contributed by atoms with Crippen molar-refractivity contribution in [1.82, 2.24) is 10.2 Å². The Kier molecular flexibility index (Phi) is 5.44. The van der Waals surface area contributed by atoms with Gasteiger partial charge in [-0.05, 0) is 42.0 Å². The lowest BCUT2D eigenvalue weighted by Gasteiger charge is -2.24. The molecule has 1 heterocycles. The molecular formula is C15H19N3O2S. The second kappa shape index (κ2) is 7.31. The zero-order valence-corrected chi connectivity index (χ0v) is 13.0. The van der Waals surface area contributed by atoms with Crippen molar-refractivity contribution < 1.29 is 4.92 Å².